The van der Waals surface area contributed by atoms with Gasteiger partial charge in [0.2, 0.25) is 0 Å². The van der Waals surface area contributed by atoms with Crippen molar-refractivity contribution >= 4 is 16.9 Å². The number of hydrogen-bond donors (Lipinski definition) is 1. The maximum atomic E-state index is 4.33. The van der Waals surface area contributed by atoms with Gasteiger partial charge >= 0.3 is 0 Å². The Hall–Kier alpha value is -2.57. The van der Waals surface area contributed by atoms with Crippen LogP contribution in [0.25, 0.3) is 16.9 Å². The van der Waals surface area contributed by atoms with Crippen molar-refractivity contribution in [3.8, 4) is 5.82 Å². The molecule has 0 saturated heterocycles. The number of fused-ring (bicyclic) bond motifs is 1. The van der Waals surface area contributed by atoms with Crippen molar-refractivity contribution in [2.24, 2.45) is 0 Å². The van der Waals surface area contributed by atoms with Gasteiger partial charge in [0.1, 0.15) is 18.5 Å². The molecule has 3 aromatic rings. The molecule has 0 amide bonds. The molecule has 7 heteroatoms. The first kappa shape index (κ1) is 11.5. The van der Waals surface area contributed by atoms with Crippen molar-refractivity contribution in [2.75, 3.05) is 11.9 Å². The number of nitrogens with one attached hydrogen (secondary N) is 1. The summed E-state index contributed by atoms with van der Waals surface area (Å²) < 4.78 is 1.69. The number of rotatable bonds is 3. The van der Waals surface area contributed by atoms with Crippen LogP contribution in [0.2, 0.25) is 0 Å². The minimum Gasteiger partial charge on any atom is -0.370 e. The SMILES string of the molecule is CCNc1ncnc2c1cnn2-c1cc(C)ncn1. The first-order chi connectivity index (χ1) is 9.29. The minimum absolute atomic E-state index is 0.698. The molecule has 3 rings (SSSR count). The van der Waals surface area contributed by atoms with E-state index in [4.69, 9.17) is 0 Å². The first-order valence-corrected chi connectivity index (χ1v) is 6.01. The van der Waals surface area contributed by atoms with Gasteiger partial charge in [-0.2, -0.15) is 9.78 Å². The molecule has 0 bridgehead atoms. The lowest BCUT2D eigenvalue weighted by Crippen LogP contribution is -2.03. The zero-order valence-electron chi connectivity index (χ0n) is 10.7. The highest BCUT2D eigenvalue weighted by Crippen LogP contribution is 2.20. The van der Waals surface area contributed by atoms with Crippen LogP contribution in [0.15, 0.2) is 24.9 Å². The number of hydrogen-bond acceptors (Lipinski definition) is 6. The van der Waals surface area contributed by atoms with Gasteiger partial charge in [-0.15, -0.1) is 0 Å². The Morgan fingerprint density at radius 1 is 1.16 bits per heavy atom. The Morgan fingerprint density at radius 3 is 2.79 bits per heavy atom. The zero-order valence-corrected chi connectivity index (χ0v) is 10.7. The summed E-state index contributed by atoms with van der Waals surface area (Å²) in [6.45, 7) is 4.73. The molecule has 96 valence electrons. The molecular formula is C12H13N7. The molecule has 3 aromatic heterocycles. The van der Waals surface area contributed by atoms with E-state index < -0.39 is 0 Å². The Bertz CT molecular complexity index is 719. The van der Waals surface area contributed by atoms with E-state index in [2.05, 4.69) is 30.4 Å². The molecular weight excluding hydrogens is 242 g/mol. The molecule has 0 aromatic carbocycles. The van der Waals surface area contributed by atoms with Gasteiger partial charge in [0.15, 0.2) is 11.5 Å². The fourth-order valence-corrected chi connectivity index (χ4v) is 1.88. The number of aryl methyl sites for hydroxylation is 1. The molecule has 0 saturated carbocycles. The lowest BCUT2D eigenvalue weighted by atomic mass is 10.4. The summed E-state index contributed by atoms with van der Waals surface area (Å²) in [5.41, 5.74) is 1.61. The van der Waals surface area contributed by atoms with Crippen molar-refractivity contribution in [3.05, 3.63) is 30.6 Å². The van der Waals surface area contributed by atoms with Gasteiger partial charge in [-0.05, 0) is 13.8 Å². The molecule has 0 aliphatic rings. The molecule has 0 spiro atoms. The average molecular weight is 255 g/mol. The summed E-state index contributed by atoms with van der Waals surface area (Å²) in [6.07, 6.45) is 4.78. The van der Waals surface area contributed by atoms with Gasteiger partial charge in [0.05, 0.1) is 11.6 Å². The summed E-state index contributed by atoms with van der Waals surface area (Å²) in [7, 11) is 0. The third kappa shape index (κ3) is 1.99. The smallest absolute Gasteiger partial charge is 0.170 e. The fraction of sp³-hybridized carbons (Fsp3) is 0.250. The molecule has 0 aliphatic heterocycles. The van der Waals surface area contributed by atoms with Gasteiger partial charge < -0.3 is 5.32 Å². The molecule has 0 radical (unpaired) electrons. The lowest BCUT2D eigenvalue weighted by molar-refractivity contribution is 0.848. The predicted octanol–water partition coefficient (Wildman–Crippen LogP) is 1.35. The first-order valence-electron chi connectivity index (χ1n) is 6.01. The van der Waals surface area contributed by atoms with E-state index in [1.807, 2.05) is 19.9 Å². The minimum atomic E-state index is 0.698. The quantitative estimate of drug-likeness (QED) is 0.760. The summed E-state index contributed by atoms with van der Waals surface area (Å²) in [5.74, 6) is 1.48. The van der Waals surface area contributed by atoms with E-state index in [1.165, 1.54) is 12.7 Å². The Balaban J connectivity index is 2.18. The Kier molecular flexibility index (Phi) is 2.79. The highest BCUT2D eigenvalue weighted by Gasteiger charge is 2.11. The van der Waals surface area contributed by atoms with E-state index in [0.29, 0.717) is 5.82 Å². The molecule has 19 heavy (non-hydrogen) atoms. The standard InChI is InChI=1S/C12H13N7/c1-3-13-11-9-5-18-19(12(9)17-7-16-11)10-4-8(2)14-6-15-10/h4-7H,3H2,1-2H3,(H,13,16,17). The van der Waals surface area contributed by atoms with E-state index in [1.54, 1.807) is 10.9 Å². The summed E-state index contributed by atoms with van der Waals surface area (Å²) >= 11 is 0. The second-order valence-electron chi connectivity index (χ2n) is 4.06. The highest BCUT2D eigenvalue weighted by molar-refractivity contribution is 5.86. The van der Waals surface area contributed by atoms with Gasteiger partial charge in [-0.25, -0.2) is 19.9 Å². The Morgan fingerprint density at radius 2 is 2.00 bits per heavy atom. The number of nitrogens with zero attached hydrogens (tertiary/aromatic N) is 6. The average Bonchev–Trinajstić information content (AvgIpc) is 2.84. The molecule has 0 atom stereocenters. The van der Waals surface area contributed by atoms with Crippen LogP contribution in [0.5, 0.6) is 0 Å². The van der Waals surface area contributed by atoms with Crippen LogP contribution in [0, 0.1) is 6.92 Å². The van der Waals surface area contributed by atoms with Gasteiger partial charge in [0, 0.05) is 18.3 Å². The van der Waals surface area contributed by atoms with Crippen LogP contribution in [0.3, 0.4) is 0 Å². The molecule has 3 heterocycles. The van der Waals surface area contributed by atoms with Crippen molar-refractivity contribution < 1.29 is 0 Å². The van der Waals surface area contributed by atoms with Crippen molar-refractivity contribution in [3.63, 3.8) is 0 Å². The predicted molar refractivity (Wildman–Crippen MR) is 71.2 cm³/mol. The second kappa shape index (κ2) is 4.60. The van der Waals surface area contributed by atoms with Crippen LogP contribution in [-0.2, 0) is 0 Å². The van der Waals surface area contributed by atoms with Crippen molar-refractivity contribution in [1.29, 1.82) is 0 Å². The van der Waals surface area contributed by atoms with Gasteiger partial charge in [-0.3, -0.25) is 0 Å². The fourth-order valence-electron chi connectivity index (χ4n) is 1.88. The van der Waals surface area contributed by atoms with Crippen LogP contribution in [0.4, 0.5) is 5.82 Å². The normalized spacial score (nSPS) is 10.8. The summed E-state index contributed by atoms with van der Waals surface area (Å²) in [5, 5.41) is 8.40. The molecule has 0 unspecified atom stereocenters. The topological polar surface area (TPSA) is 81.4 Å². The maximum absolute atomic E-state index is 4.33. The van der Waals surface area contributed by atoms with Crippen LogP contribution >= 0.6 is 0 Å². The van der Waals surface area contributed by atoms with Crippen molar-refractivity contribution in [1.82, 2.24) is 29.7 Å². The summed E-state index contributed by atoms with van der Waals surface area (Å²) in [4.78, 5) is 16.8. The molecule has 0 aliphatic carbocycles. The van der Waals surface area contributed by atoms with Crippen LogP contribution in [0.1, 0.15) is 12.6 Å². The maximum Gasteiger partial charge on any atom is 0.170 e. The number of anilines is 1. The Labute approximate surface area is 109 Å². The lowest BCUT2D eigenvalue weighted by Gasteiger charge is -2.04. The third-order valence-corrected chi connectivity index (χ3v) is 2.72. The van der Waals surface area contributed by atoms with Crippen molar-refractivity contribution in [2.45, 2.75) is 13.8 Å². The largest absolute Gasteiger partial charge is 0.370 e. The van der Waals surface area contributed by atoms with E-state index in [-0.39, 0.29) is 0 Å². The molecule has 0 fully saturated rings. The molecule has 7 nitrogen and oxygen atoms in total. The molecule has 1 N–H and O–H groups in total. The van der Waals surface area contributed by atoms with Gasteiger partial charge in [-0.1, -0.05) is 0 Å². The number of aromatic nitrogens is 6. The third-order valence-electron chi connectivity index (χ3n) is 2.72. The zero-order chi connectivity index (χ0) is 13.2. The summed E-state index contributed by atoms with van der Waals surface area (Å²) in [6, 6.07) is 1.86. The van der Waals surface area contributed by atoms with Crippen LogP contribution in [-0.4, -0.2) is 36.3 Å². The van der Waals surface area contributed by atoms with Crippen LogP contribution < -0.4 is 5.32 Å². The van der Waals surface area contributed by atoms with E-state index in [9.17, 15) is 0 Å². The highest BCUT2D eigenvalue weighted by atomic mass is 15.3. The van der Waals surface area contributed by atoms with Gasteiger partial charge in [0.25, 0.3) is 0 Å². The second-order valence-corrected chi connectivity index (χ2v) is 4.06. The van der Waals surface area contributed by atoms with E-state index >= 15 is 0 Å². The van der Waals surface area contributed by atoms with E-state index in [0.717, 1.165) is 29.1 Å². The monoisotopic (exact) mass is 255 g/mol.